The number of piperidine rings is 1. The predicted octanol–water partition coefficient (Wildman–Crippen LogP) is -0.137. The number of likely N-dealkylation sites (tertiary alicyclic amines) is 1. The van der Waals surface area contributed by atoms with E-state index in [0.717, 1.165) is 19.5 Å². The molecule has 0 aromatic carbocycles. The highest BCUT2D eigenvalue weighted by molar-refractivity contribution is 5.33. The minimum Gasteiger partial charge on any atom is -0.392 e. The monoisotopic (exact) mass is 467 g/mol. The smallest absolute Gasteiger partial charge is 0.110 e. The molecular weight excluding hydrogens is 426 g/mol. The van der Waals surface area contributed by atoms with Crippen LogP contribution in [0, 0.1) is 40.4 Å². The normalized spacial score (nSPS) is 61.3. The average Bonchev–Trinajstić information content (AvgIpc) is 3.10. The molecule has 188 valence electrons. The van der Waals surface area contributed by atoms with Crippen molar-refractivity contribution in [1.82, 2.24) is 4.90 Å². The molecule has 14 atom stereocenters. The molecule has 6 rings (SSSR count). The largest absolute Gasteiger partial charge is 0.392 e. The Morgan fingerprint density at radius 2 is 1.79 bits per heavy atom. The van der Waals surface area contributed by atoms with Crippen LogP contribution in [-0.4, -0.2) is 109 Å². The topological polar surface area (TPSA) is 112 Å². The van der Waals surface area contributed by atoms with Crippen molar-refractivity contribution < 1.29 is 34.6 Å². The molecule has 6 aliphatic rings. The molecule has 5 saturated carbocycles. The van der Waals surface area contributed by atoms with Crippen molar-refractivity contribution in [2.75, 3.05) is 41.0 Å². The molecule has 11 unspecified atom stereocenters. The van der Waals surface area contributed by atoms with Gasteiger partial charge in [-0.05, 0) is 38.1 Å². The molecular formula is C25H41NO7. The molecule has 0 aromatic heterocycles. The van der Waals surface area contributed by atoms with Gasteiger partial charge in [-0.25, -0.2) is 0 Å². The van der Waals surface area contributed by atoms with Crippen molar-refractivity contribution in [1.29, 1.82) is 0 Å². The van der Waals surface area contributed by atoms with E-state index in [2.05, 4.69) is 11.8 Å². The van der Waals surface area contributed by atoms with Crippen LogP contribution in [0.25, 0.3) is 0 Å². The molecule has 1 spiro atoms. The van der Waals surface area contributed by atoms with Crippen LogP contribution in [0.5, 0.6) is 0 Å². The molecule has 7 bridgehead atoms. The highest BCUT2D eigenvalue weighted by atomic mass is 16.5. The standard InChI is InChI=1S/C25H41NO7/c1-5-26-10-23(11-31-2)7-6-16(27)24-13-8-12-18(28)17(13)25(30,22(29)19(12)33-4)14(21(24)26)9-15(32-3)20(23)24/h12-22,27-30H,5-11H2,1-4H3/t12?,13?,14?,15?,16?,17?,18?,19-,20?,21?,22?,23+,24?,25+/m1/s1. The summed E-state index contributed by atoms with van der Waals surface area (Å²) in [5, 5.41) is 47.5. The molecule has 8 nitrogen and oxygen atoms in total. The van der Waals surface area contributed by atoms with Crippen LogP contribution >= 0.6 is 0 Å². The van der Waals surface area contributed by atoms with Crippen LogP contribution in [-0.2, 0) is 14.2 Å². The number of hydrogen-bond donors (Lipinski definition) is 4. The van der Waals surface area contributed by atoms with Crippen molar-refractivity contribution in [2.24, 2.45) is 40.4 Å². The van der Waals surface area contributed by atoms with E-state index < -0.39 is 41.3 Å². The number of rotatable bonds is 5. The van der Waals surface area contributed by atoms with Crippen LogP contribution in [0.1, 0.15) is 32.6 Å². The second-order valence-corrected chi connectivity index (χ2v) is 12.0. The van der Waals surface area contributed by atoms with Crippen LogP contribution in [0.3, 0.4) is 0 Å². The van der Waals surface area contributed by atoms with E-state index in [0.29, 0.717) is 25.9 Å². The quantitative estimate of drug-likeness (QED) is 0.442. The number of ether oxygens (including phenoxy) is 3. The Balaban J connectivity index is 1.63. The Morgan fingerprint density at radius 1 is 1.03 bits per heavy atom. The van der Waals surface area contributed by atoms with Gasteiger partial charge in [0.05, 0.1) is 31.0 Å². The van der Waals surface area contributed by atoms with Crippen LogP contribution < -0.4 is 0 Å². The minimum absolute atomic E-state index is 0.0713. The van der Waals surface area contributed by atoms with E-state index in [1.807, 2.05) is 0 Å². The van der Waals surface area contributed by atoms with Gasteiger partial charge < -0.3 is 34.6 Å². The van der Waals surface area contributed by atoms with E-state index >= 15 is 0 Å². The van der Waals surface area contributed by atoms with E-state index in [9.17, 15) is 20.4 Å². The van der Waals surface area contributed by atoms with Crippen molar-refractivity contribution in [3.05, 3.63) is 0 Å². The molecule has 0 amide bonds. The predicted molar refractivity (Wildman–Crippen MR) is 118 cm³/mol. The Bertz CT molecular complexity index is 797. The fourth-order valence-corrected chi connectivity index (χ4v) is 10.9. The minimum atomic E-state index is -1.48. The van der Waals surface area contributed by atoms with Gasteiger partial charge in [-0.15, -0.1) is 0 Å². The summed E-state index contributed by atoms with van der Waals surface area (Å²) >= 11 is 0. The van der Waals surface area contributed by atoms with Gasteiger partial charge in [0.25, 0.3) is 0 Å². The van der Waals surface area contributed by atoms with E-state index in [-0.39, 0.29) is 41.2 Å². The van der Waals surface area contributed by atoms with Crippen molar-refractivity contribution in [3.8, 4) is 0 Å². The number of fused-ring (bicyclic) bond motifs is 2. The lowest BCUT2D eigenvalue weighted by atomic mass is 9.33. The maximum atomic E-state index is 12.4. The van der Waals surface area contributed by atoms with Gasteiger partial charge in [0, 0.05) is 68.4 Å². The van der Waals surface area contributed by atoms with Crippen LogP contribution in [0.4, 0.5) is 0 Å². The zero-order valence-corrected chi connectivity index (χ0v) is 20.3. The maximum Gasteiger partial charge on any atom is 0.110 e. The van der Waals surface area contributed by atoms with Crippen molar-refractivity contribution in [3.63, 3.8) is 0 Å². The van der Waals surface area contributed by atoms with Gasteiger partial charge in [0.15, 0.2) is 0 Å². The van der Waals surface area contributed by atoms with Gasteiger partial charge in [0.2, 0.25) is 0 Å². The Hall–Kier alpha value is -0.320. The summed E-state index contributed by atoms with van der Waals surface area (Å²) in [6, 6.07) is -0.0818. The van der Waals surface area contributed by atoms with Gasteiger partial charge in [-0.3, -0.25) is 4.90 Å². The van der Waals surface area contributed by atoms with Gasteiger partial charge in [-0.1, -0.05) is 6.92 Å². The number of methoxy groups -OCH3 is 3. The van der Waals surface area contributed by atoms with Crippen LogP contribution in [0.2, 0.25) is 0 Å². The molecule has 0 radical (unpaired) electrons. The Morgan fingerprint density at radius 3 is 2.42 bits per heavy atom. The maximum absolute atomic E-state index is 12.4. The Labute approximate surface area is 196 Å². The average molecular weight is 468 g/mol. The lowest BCUT2D eigenvalue weighted by Gasteiger charge is -2.78. The first-order chi connectivity index (χ1) is 15.8. The number of aliphatic hydroxyl groups excluding tert-OH is 3. The summed E-state index contributed by atoms with van der Waals surface area (Å²) < 4.78 is 17.7. The van der Waals surface area contributed by atoms with Gasteiger partial charge >= 0.3 is 0 Å². The molecule has 4 N–H and O–H groups in total. The zero-order valence-electron chi connectivity index (χ0n) is 20.3. The van der Waals surface area contributed by atoms with Crippen molar-refractivity contribution >= 4 is 0 Å². The lowest BCUT2D eigenvalue weighted by Crippen LogP contribution is -2.86. The molecule has 1 saturated heterocycles. The molecule has 6 fully saturated rings. The Kier molecular flexibility index (Phi) is 5.15. The summed E-state index contributed by atoms with van der Waals surface area (Å²) in [5.41, 5.74) is -2.16. The summed E-state index contributed by atoms with van der Waals surface area (Å²) in [6.45, 7) is 4.39. The van der Waals surface area contributed by atoms with Crippen LogP contribution in [0.15, 0.2) is 0 Å². The first kappa shape index (κ1) is 23.1. The second kappa shape index (κ2) is 7.35. The molecule has 33 heavy (non-hydrogen) atoms. The van der Waals surface area contributed by atoms with E-state index in [1.165, 1.54) is 0 Å². The van der Waals surface area contributed by atoms with Gasteiger partial charge in [0.1, 0.15) is 11.7 Å². The third-order valence-corrected chi connectivity index (χ3v) is 11.5. The van der Waals surface area contributed by atoms with Crippen molar-refractivity contribution in [2.45, 2.75) is 74.8 Å². The summed E-state index contributed by atoms with van der Waals surface area (Å²) in [5.74, 6) is -1.11. The molecule has 5 aliphatic carbocycles. The molecule has 1 heterocycles. The lowest BCUT2D eigenvalue weighted by molar-refractivity contribution is -0.368. The summed E-state index contributed by atoms with van der Waals surface area (Å²) in [6.07, 6.45) is -0.361. The number of aliphatic hydroxyl groups is 4. The molecule has 8 heteroatoms. The van der Waals surface area contributed by atoms with E-state index in [1.54, 1.807) is 21.3 Å². The zero-order chi connectivity index (χ0) is 23.5. The molecule has 0 aromatic rings. The van der Waals surface area contributed by atoms with Gasteiger partial charge in [-0.2, -0.15) is 0 Å². The highest BCUT2D eigenvalue weighted by Gasteiger charge is 2.84. The SMILES string of the molecule is CCN1C[C@]2(COC)CCC(O)C34C5CC6C(O)C5[C@@](O)(C(CC(OC)C32)C14)C(O)[C@@H]6OC. The number of hydrogen-bond acceptors (Lipinski definition) is 8. The highest BCUT2D eigenvalue weighted by Crippen LogP contribution is 2.76. The van der Waals surface area contributed by atoms with E-state index in [4.69, 9.17) is 14.2 Å². The summed E-state index contributed by atoms with van der Waals surface area (Å²) in [7, 11) is 5.06. The first-order valence-electron chi connectivity index (χ1n) is 12.8. The fraction of sp³-hybridized carbons (Fsp3) is 1.00. The first-order valence-corrected chi connectivity index (χ1v) is 12.8. The molecule has 1 aliphatic heterocycles. The third kappa shape index (κ3) is 2.36. The fourth-order valence-electron chi connectivity index (χ4n) is 10.9. The summed E-state index contributed by atoms with van der Waals surface area (Å²) in [4.78, 5) is 2.45. The second-order valence-electron chi connectivity index (χ2n) is 12.0. The number of nitrogens with zero attached hydrogens (tertiary/aromatic N) is 1. The third-order valence-electron chi connectivity index (χ3n) is 11.5.